The van der Waals surface area contributed by atoms with Crippen molar-refractivity contribution in [3.8, 4) is 0 Å². The number of nitrogens with one attached hydrogen (secondary N) is 1. The summed E-state index contributed by atoms with van der Waals surface area (Å²) in [6.07, 6.45) is 3.09. The smallest absolute Gasteiger partial charge is 0.290 e. The minimum absolute atomic E-state index is 0.190. The molecule has 2 aromatic rings. The van der Waals surface area contributed by atoms with Crippen molar-refractivity contribution in [1.29, 1.82) is 0 Å². The first-order chi connectivity index (χ1) is 8.72. The zero-order chi connectivity index (χ0) is 13.0. The molecule has 0 aliphatic heterocycles. The van der Waals surface area contributed by atoms with Crippen LogP contribution in [0.15, 0.2) is 41.5 Å². The van der Waals surface area contributed by atoms with Crippen LogP contribution in [0.5, 0.6) is 0 Å². The van der Waals surface area contributed by atoms with Gasteiger partial charge < -0.3 is 15.6 Å². The van der Waals surface area contributed by atoms with Gasteiger partial charge in [0.15, 0.2) is 5.82 Å². The van der Waals surface area contributed by atoms with Crippen molar-refractivity contribution in [2.75, 3.05) is 11.9 Å². The largest absolute Gasteiger partial charge is 0.351 e. The maximum atomic E-state index is 11.6. The Bertz CT molecular complexity index is 579. The third-order valence-corrected chi connectivity index (χ3v) is 2.80. The number of nitrogens with zero attached hydrogens (tertiary/aromatic N) is 2. The monoisotopic (exact) mass is 244 g/mol. The lowest BCUT2D eigenvalue weighted by Crippen LogP contribution is -2.26. The van der Waals surface area contributed by atoms with E-state index in [4.69, 9.17) is 5.73 Å². The SMILES string of the molecule is CN(Cc1ccccc1CN)c1ncc[nH]c1=O. The van der Waals surface area contributed by atoms with E-state index in [1.165, 1.54) is 6.20 Å². The van der Waals surface area contributed by atoms with Crippen LogP contribution in [0.25, 0.3) is 0 Å². The summed E-state index contributed by atoms with van der Waals surface area (Å²) >= 11 is 0. The molecule has 1 heterocycles. The summed E-state index contributed by atoms with van der Waals surface area (Å²) in [5.74, 6) is 0.407. The molecule has 2 rings (SSSR count). The van der Waals surface area contributed by atoms with E-state index in [2.05, 4.69) is 9.97 Å². The fourth-order valence-electron chi connectivity index (χ4n) is 1.86. The molecule has 0 unspecified atom stereocenters. The van der Waals surface area contributed by atoms with Crippen molar-refractivity contribution >= 4 is 5.82 Å². The number of anilines is 1. The van der Waals surface area contributed by atoms with Crippen molar-refractivity contribution in [3.63, 3.8) is 0 Å². The number of hydrogen-bond donors (Lipinski definition) is 2. The second-order valence-electron chi connectivity index (χ2n) is 4.07. The van der Waals surface area contributed by atoms with Crippen molar-refractivity contribution in [1.82, 2.24) is 9.97 Å². The first-order valence-electron chi connectivity index (χ1n) is 5.74. The van der Waals surface area contributed by atoms with Crippen molar-refractivity contribution in [2.24, 2.45) is 5.73 Å². The summed E-state index contributed by atoms with van der Waals surface area (Å²) < 4.78 is 0. The van der Waals surface area contributed by atoms with E-state index in [1.807, 2.05) is 36.2 Å². The van der Waals surface area contributed by atoms with Crippen LogP contribution < -0.4 is 16.2 Å². The lowest BCUT2D eigenvalue weighted by Gasteiger charge is -2.18. The highest BCUT2D eigenvalue weighted by Crippen LogP contribution is 2.12. The Kier molecular flexibility index (Phi) is 3.74. The van der Waals surface area contributed by atoms with Gasteiger partial charge in [-0.2, -0.15) is 0 Å². The molecule has 1 aromatic heterocycles. The Morgan fingerprint density at radius 2 is 2.06 bits per heavy atom. The standard InChI is InChI=1S/C13H16N4O/c1-17(12-13(18)16-7-6-15-12)9-11-5-3-2-4-10(11)8-14/h2-7H,8-9,14H2,1H3,(H,16,18). The molecule has 18 heavy (non-hydrogen) atoms. The predicted molar refractivity (Wildman–Crippen MR) is 71.3 cm³/mol. The lowest BCUT2D eigenvalue weighted by molar-refractivity contribution is 0.861. The van der Waals surface area contributed by atoms with E-state index in [1.54, 1.807) is 6.20 Å². The minimum atomic E-state index is -0.190. The molecule has 0 atom stereocenters. The van der Waals surface area contributed by atoms with E-state index >= 15 is 0 Å². The number of hydrogen-bond acceptors (Lipinski definition) is 4. The number of rotatable bonds is 4. The molecule has 0 spiro atoms. The predicted octanol–water partition coefficient (Wildman–Crippen LogP) is 0.865. The number of nitrogens with two attached hydrogens (primary N) is 1. The topological polar surface area (TPSA) is 75.0 Å². The quantitative estimate of drug-likeness (QED) is 0.836. The van der Waals surface area contributed by atoms with E-state index in [0.717, 1.165) is 11.1 Å². The van der Waals surface area contributed by atoms with Gasteiger partial charge >= 0.3 is 0 Å². The molecular weight excluding hydrogens is 228 g/mol. The normalized spacial score (nSPS) is 10.3. The van der Waals surface area contributed by atoms with Gasteiger partial charge in [-0.1, -0.05) is 24.3 Å². The Morgan fingerprint density at radius 3 is 2.72 bits per heavy atom. The van der Waals surface area contributed by atoms with Crippen molar-refractivity contribution in [2.45, 2.75) is 13.1 Å². The van der Waals surface area contributed by atoms with Gasteiger partial charge in [0.1, 0.15) is 0 Å². The second-order valence-corrected chi connectivity index (χ2v) is 4.07. The molecule has 5 nitrogen and oxygen atoms in total. The maximum absolute atomic E-state index is 11.6. The fourth-order valence-corrected chi connectivity index (χ4v) is 1.86. The van der Waals surface area contributed by atoms with Crippen molar-refractivity contribution < 1.29 is 0 Å². The summed E-state index contributed by atoms with van der Waals surface area (Å²) in [6, 6.07) is 7.92. The van der Waals surface area contributed by atoms with Crippen LogP contribution in [0.3, 0.4) is 0 Å². The van der Waals surface area contributed by atoms with Gasteiger partial charge in [-0.05, 0) is 11.1 Å². The number of aromatic amines is 1. The Labute approximate surface area is 105 Å². The third-order valence-electron chi connectivity index (χ3n) is 2.80. The van der Waals surface area contributed by atoms with Gasteiger partial charge in [0.05, 0.1) is 0 Å². The molecule has 0 bridgehead atoms. The summed E-state index contributed by atoms with van der Waals surface area (Å²) in [4.78, 5) is 20.1. The average Bonchev–Trinajstić information content (AvgIpc) is 2.39. The highest BCUT2D eigenvalue weighted by atomic mass is 16.1. The van der Waals surface area contributed by atoms with Gasteiger partial charge in [-0.3, -0.25) is 4.79 Å². The first-order valence-corrected chi connectivity index (χ1v) is 5.74. The van der Waals surface area contributed by atoms with Crippen LogP contribution in [-0.2, 0) is 13.1 Å². The van der Waals surface area contributed by atoms with Crippen LogP contribution in [0.2, 0.25) is 0 Å². The molecule has 3 N–H and O–H groups in total. The first kappa shape index (κ1) is 12.3. The average molecular weight is 244 g/mol. The molecule has 0 fully saturated rings. The molecule has 5 heteroatoms. The summed E-state index contributed by atoms with van der Waals surface area (Å²) in [5.41, 5.74) is 7.69. The molecule has 0 saturated carbocycles. The van der Waals surface area contributed by atoms with Gasteiger partial charge in [0.2, 0.25) is 0 Å². The second kappa shape index (κ2) is 5.46. The van der Waals surface area contributed by atoms with Gasteiger partial charge in [0, 0.05) is 32.5 Å². The molecule has 0 saturated heterocycles. The Balaban J connectivity index is 2.24. The summed E-state index contributed by atoms with van der Waals surface area (Å²) in [7, 11) is 1.84. The number of H-pyrrole nitrogens is 1. The van der Waals surface area contributed by atoms with Crippen LogP contribution in [0.4, 0.5) is 5.82 Å². The van der Waals surface area contributed by atoms with E-state index < -0.39 is 0 Å². The highest BCUT2D eigenvalue weighted by molar-refractivity contribution is 5.37. The zero-order valence-corrected chi connectivity index (χ0v) is 10.3. The van der Waals surface area contributed by atoms with Crippen molar-refractivity contribution in [3.05, 3.63) is 58.1 Å². The molecule has 0 aliphatic rings. The van der Waals surface area contributed by atoms with Gasteiger partial charge in [-0.25, -0.2) is 4.98 Å². The summed E-state index contributed by atoms with van der Waals surface area (Å²) in [6.45, 7) is 1.09. The lowest BCUT2D eigenvalue weighted by atomic mass is 10.1. The molecule has 94 valence electrons. The van der Waals surface area contributed by atoms with Crippen LogP contribution in [0, 0.1) is 0 Å². The number of benzene rings is 1. The molecule has 0 aliphatic carbocycles. The molecule has 0 amide bonds. The minimum Gasteiger partial charge on any atom is -0.351 e. The third kappa shape index (κ3) is 2.57. The van der Waals surface area contributed by atoms with E-state index in [0.29, 0.717) is 18.9 Å². The van der Waals surface area contributed by atoms with Crippen LogP contribution >= 0.6 is 0 Å². The van der Waals surface area contributed by atoms with Crippen LogP contribution in [0.1, 0.15) is 11.1 Å². The summed E-state index contributed by atoms with van der Waals surface area (Å²) in [5, 5.41) is 0. The van der Waals surface area contributed by atoms with Gasteiger partial charge in [0.25, 0.3) is 5.56 Å². The highest BCUT2D eigenvalue weighted by Gasteiger charge is 2.09. The van der Waals surface area contributed by atoms with Gasteiger partial charge in [-0.15, -0.1) is 0 Å². The Morgan fingerprint density at radius 1 is 1.33 bits per heavy atom. The van der Waals surface area contributed by atoms with E-state index in [9.17, 15) is 4.79 Å². The fraction of sp³-hybridized carbons (Fsp3) is 0.231. The maximum Gasteiger partial charge on any atom is 0.290 e. The Hall–Kier alpha value is -2.14. The van der Waals surface area contributed by atoms with E-state index in [-0.39, 0.29) is 5.56 Å². The number of aromatic nitrogens is 2. The molecular formula is C13H16N4O. The molecule has 1 aromatic carbocycles. The van der Waals surface area contributed by atoms with Crippen LogP contribution in [-0.4, -0.2) is 17.0 Å². The zero-order valence-electron chi connectivity index (χ0n) is 10.3. The molecule has 0 radical (unpaired) electrons.